The van der Waals surface area contributed by atoms with E-state index < -0.39 is 12.0 Å². The van der Waals surface area contributed by atoms with Crippen molar-refractivity contribution >= 4 is 33.9 Å². The monoisotopic (exact) mass is 229 g/mol. The van der Waals surface area contributed by atoms with Gasteiger partial charge in [0.1, 0.15) is 6.04 Å². The number of carboxylic acid groups (broad SMARTS) is 1. The third-order valence-electron chi connectivity index (χ3n) is 1.08. The van der Waals surface area contributed by atoms with Crippen LogP contribution in [0.25, 0.3) is 0 Å². The minimum Gasteiger partial charge on any atom is -0.480 e. The first-order chi connectivity index (χ1) is 4.59. The molecule has 0 aromatic carbocycles. The van der Waals surface area contributed by atoms with Gasteiger partial charge in [-0.15, -0.1) is 3.45 Å². The Morgan fingerprint density at radius 3 is 2.50 bits per heavy atom. The zero-order chi connectivity index (χ0) is 8.15. The van der Waals surface area contributed by atoms with Crippen molar-refractivity contribution < 1.29 is 9.90 Å². The Hall–Kier alpha value is 0.200. The molecule has 0 spiro atoms. The highest BCUT2D eigenvalue weighted by molar-refractivity contribution is 9.08. The van der Waals surface area contributed by atoms with Crippen molar-refractivity contribution in [1.29, 1.82) is 0 Å². The van der Waals surface area contributed by atoms with Crippen LogP contribution in [0.5, 0.6) is 0 Å². The maximum absolute atomic E-state index is 10.4. The van der Waals surface area contributed by atoms with Crippen LogP contribution >= 0.6 is 27.9 Å². The lowest BCUT2D eigenvalue weighted by Gasteiger charge is -2.13. The van der Waals surface area contributed by atoms with Gasteiger partial charge in [-0.05, 0) is 18.2 Å². The van der Waals surface area contributed by atoms with Crippen molar-refractivity contribution in [3.8, 4) is 0 Å². The Kier molecular flexibility index (Phi) is 5.03. The molecular weight excluding hydrogens is 221 g/mol. The van der Waals surface area contributed by atoms with E-state index in [2.05, 4.69) is 16.1 Å². The quantitative estimate of drug-likeness (QED) is 0.751. The molecule has 0 heterocycles. The molecule has 0 aliphatic rings. The standard InChI is InChI=1S/C5H9BrClNO2/c1-2-3-4(5(9)10)8(6)7/h4H,2-3H2,1H3,(H,9,10)/t4-/m0/s1. The number of hydrogen-bond acceptors (Lipinski definition) is 2. The van der Waals surface area contributed by atoms with Crippen LogP contribution in [0, 0.1) is 0 Å². The van der Waals surface area contributed by atoms with Gasteiger partial charge >= 0.3 is 5.97 Å². The number of hydrogen-bond donors (Lipinski definition) is 1. The number of carboxylic acids is 1. The van der Waals surface area contributed by atoms with Gasteiger partial charge < -0.3 is 5.11 Å². The van der Waals surface area contributed by atoms with Crippen molar-refractivity contribution in [2.24, 2.45) is 0 Å². The minimum atomic E-state index is -0.909. The molecule has 0 unspecified atom stereocenters. The highest BCUT2D eigenvalue weighted by atomic mass is 79.9. The Balaban J connectivity index is 3.85. The van der Waals surface area contributed by atoms with Crippen molar-refractivity contribution in [3.63, 3.8) is 0 Å². The summed E-state index contributed by atoms with van der Waals surface area (Å²) in [6.45, 7) is 1.91. The Bertz CT molecular complexity index is 120. The Morgan fingerprint density at radius 2 is 2.40 bits per heavy atom. The molecule has 0 radical (unpaired) electrons. The summed E-state index contributed by atoms with van der Waals surface area (Å²) in [4.78, 5) is 10.4. The number of carbonyl (C=O) groups is 1. The molecule has 0 amide bonds. The molecule has 0 aromatic heterocycles. The zero-order valence-electron chi connectivity index (χ0n) is 5.55. The van der Waals surface area contributed by atoms with E-state index in [9.17, 15) is 4.79 Å². The molecule has 60 valence electrons. The smallest absolute Gasteiger partial charge is 0.323 e. The van der Waals surface area contributed by atoms with Gasteiger partial charge in [0, 0.05) is 16.1 Å². The van der Waals surface area contributed by atoms with Crippen molar-refractivity contribution in [3.05, 3.63) is 0 Å². The predicted molar refractivity (Wildman–Crippen MR) is 43.0 cm³/mol. The predicted octanol–water partition coefficient (Wildman–Crippen LogP) is 2.01. The molecule has 0 rings (SSSR count). The summed E-state index contributed by atoms with van der Waals surface area (Å²) >= 11 is 8.25. The van der Waals surface area contributed by atoms with E-state index in [1.54, 1.807) is 0 Å². The van der Waals surface area contributed by atoms with Crippen LogP contribution in [0.15, 0.2) is 0 Å². The maximum atomic E-state index is 10.4. The van der Waals surface area contributed by atoms with Crippen LogP contribution in [0.3, 0.4) is 0 Å². The molecule has 0 bridgehead atoms. The summed E-state index contributed by atoms with van der Waals surface area (Å²) in [5.41, 5.74) is 0. The summed E-state index contributed by atoms with van der Waals surface area (Å²) in [5, 5.41) is 8.52. The summed E-state index contributed by atoms with van der Waals surface area (Å²) in [7, 11) is 0. The van der Waals surface area contributed by atoms with E-state index in [0.29, 0.717) is 6.42 Å². The van der Waals surface area contributed by atoms with Crippen LogP contribution < -0.4 is 0 Å². The van der Waals surface area contributed by atoms with E-state index in [-0.39, 0.29) is 0 Å². The summed E-state index contributed by atoms with van der Waals surface area (Å²) in [6, 6.07) is -0.633. The Morgan fingerprint density at radius 1 is 1.90 bits per heavy atom. The van der Waals surface area contributed by atoms with E-state index >= 15 is 0 Å². The van der Waals surface area contributed by atoms with E-state index in [1.165, 1.54) is 0 Å². The van der Waals surface area contributed by atoms with E-state index in [0.717, 1.165) is 9.87 Å². The van der Waals surface area contributed by atoms with Gasteiger partial charge in [0.25, 0.3) is 0 Å². The van der Waals surface area contributed by atoms with Crippen LogP contribution in [0.1, 0.15) is 19.8 Å². The van der Waals surface area contributed by atoms with Crippen LogP contribution in [0.2, 0.25) is 0 Å². The van der Waals surface area contributed by atoms with Gasteiger partial charge in [-0.1, -0.05) is 13.3 Å². The zero-order valence-corrected chi connectivity index (χ0v) is 7.89. The fourth-order valence-corrected chi connectivity index (χ4v) is 1.14. The fourth-order valence-electron chi connectivity index (χ4n) is 0.578. The average molecular weight is 230 g/mol. The van der Waals surface area contributed by atoms with Gasteiger partial charge in [0.15, 0.2) is 0 Å². The van der Waals surface area contributed by atoms with Crippen LogP contribution in [-0.2, 0) is 4.79 Å². The molecule has 5 heteroatoms. The van der Waals surface area contributed by atoms with E-state index in [4.69, 9.17) is 16.9 Å². The molecule has 0 fully saturated rings. The second-order valence-electron chi connectivity index (χ2n) is 1.90. The highest BCUT2D eigenvalue weighted by Crippen LogP contribution is 2.14. The summed E-state index contributed by atoms with van der Waals surface area (Å²) in [5.74, 6) is -0.909. The van der Waals surface area contributed by atoms with Crippen LogP contribution in [0.4, 0.5) is 0 Å². The van der Waals surface area contributed by atoms with Gasteiger partial charge in [0.2, 0.25) is 0 Å². The first-order valence-corrected chi connectivity index (χ1v) is 3.98. The molecule has 0 saturated carbocycles. The second kappa shape index (κ2) is 4.93. The lowest BCUT2D eigenvalue weighted by molar-refractivity contribution is -0.140. The number of aliphatic carboxylic acids is 1. The fraction of sp³-hybridized carbons (Fsp3) is 0.800. The number of nitrogens with zero attached hydrogens (tertiary/aromatic N) is 1. The summed E-state index contributed by atoms with van der Waals surface area (Å²) in [6.07, 6.45) is 1.34. The van der Waals surface area contributed by atoms with Gasteiger partial charge in [-0.3, -0.25) is 4.79 Å². The lowest BCUT2D eigenvalue weighted by atomic mass is 10.2. The molecule has 0 aromatic rings. The molecule has 0 aliphatic carbocycles. The third-order valence-corrected chi connectivity index (χ3v) is 1.81. The molecule has 10 heavy (non-hydrogen) atoms. The van der Waals surface area contributed by atoms with Crippen LogP contribution in [-0.4, -0.2) is 20.6 Å². The largest absolute Gasteiger partial charge is 0.480 e. The highest BCUT2D eigenvalue weighted by Gasteiger charge is 2.21. The lowest BCUT2D eigenvalue weighted by Crippen LogP contribution is -2.28. The summed E-state index contributed by atoms with van der Waals surface area (Å²) < 4.78 is 1.01. The normalized spacial score (nSPS) is 13.6. The first-order valence-electron chi connectivity index (χ1n) is 2.93. The van der Waals surface area contributed by atoms with Crippen molar-refractivity contribution in [1.82, 2.24) is 3.45 Å². The number of halogens is 2. The molecule has 3 nitrogen and oxygen atoms in total. The number of rotatable bonds is 4. The topological polar surface area (TPSA) is 40.5 Å². The molecule has 1 N–H and O–H groups in total. The average Bonchev–Trinajstić information content (AvgIpc) is 1.81. The Labute approximate surface area is 73.4 Å². The molecule has 0 saturated heterocycles. The molecule has 1 atom stereocenters. The molecule has 0 aliphatic heterocycles. The van der Waals surface area contributed by atoms with Gasteiger partial charge in [-0.25, -0.2) is 0 Å². The van der Waals surface area contributed by atoms with Crippen molar-refractivity contribution in [2.45, 2.75) is 25.8 Å². The minimum absolute atomic E-state index is 0.546. The third kappa shape index (κ3) is 3.39. The second-order valence-corrected chi connectivity index (χ2v) is 3.44. The SMILES string of the molecule is CCC[C@@H](C(=O)O)N(Cl)Br. The van der Waals surface area contributed by atoms with E-state index in [1.807, 2.05) is 6.92 Å². The molecular formula is C5H9BrClNO2. The van der Waals surface area contributed by atoms with Crippen molar-refractivity contribution in [2.75, 3.05) is 0 Å². The van der Waals surface area contributed by atoms with Gasteiger partial charge in [-0.2, -0.15) is 0 Å². The first kappa shape index (κ1) is 10.2. The van der Waals surface area contributed by atoms with Gasteiger partial charge in [0.05, 0.1) is 0 Å². The maximum Gasteiger partial charge on any atom is 0.323 e.